The van der Waals surface area contributed by atoms with E-state index in [2.05, 4.69) is 82.8 Å². The average Bonchev–Trinajstić information content (AvgIpc) is 3.79. The van der Waals surface area contributed by atoms with Crippen molar-refractivity contribution >= 4 is 119 Å². The number of furan rings is 2. The fraction of sp³-hybridized carbons (Fsp3) is 0. The lowest BCUT2D eigenvalue weighted by Crippen LogP contribution is -1.74. The Morgan fingerprint density at radius 1 is 0.415 bits per heavy atom. The van der Waals surface area contributed by atoms with E-state index in [0.29, 0.717) is 0 Å². The van der Waals surface area contributed by atoms with Crippen LogP contribution in [0, 0.1) is 0 Å². The standard InChI is InChI=1S/C36H18N2O2S/c1-3-7-27-17(5-1)23-13-21-19-9-11-31-33(35(19)37-25(21)15-29(23)39-27)34-32(41-31)12-10-20-22-14-24-18-6-2-4-8-28(18)40-30(24)16-26(22)38-36(20)34/h1-16,37-38H. The lowest BCUT2D eigenvalue weighted by molar-refractivity contribution is 0.669. The van der Waals surface area contributed by atoms with Gasteiger partial charge in [0.25, 0.3) is 0 Å². The summed E-state index contributed by atoms with van der Waals surface area (Å²) in [5.74, 6) is 0. The zero-order valence-corrected chi connectivity index (χ0v) is 22.3. The number of H-pyrrole nitrogens is 2. The van der Waals surface area contributed by atoms with Gasteiger partial charge in [-0.2, -0.15) is 0 Å². The molecular weight excluding hydrogens is 524 g/mol. The number of hydrogen-bond acceptors (Lipinski definition) is 3. The Kier molecular flexibility index (Phi) is 3.47. The van der Waals surface area contributed by atoms with E-state index in [9.17, 15) is 0 Å². The summed E-state index contributed by atoms with van der Waals surface area (Å²) in [5, 5.41) is 12.1. The average molecular weight is 543 g/mol. The number of hydrogen-bond donors (Lipinski definition) is 2. The predicted molar refractivity (Wildman–Crippen MR) is 173 cm³/mol. The molecule has 0 spiro atoms. The van der Waals surface area contributed by atoms with Crippen LogP contribution in [0.4, 0.5) is 0 Å². The molecule has 0 radical (unpaired) electrons. The van der Waals surface area contributed by atoms with E-state index in [0.717, 1.165) is 54.9 Å². The third-order valence-corrected chi connectivity index (χ3v) is 10.1. The number of aromatic amines is 2. The molecule has 0 atom stereocenters. The molecule has 0 unspecified atom stereocenters. The van der Waals surface area contributed by atoms with Gasteiger partial charge in [-0.05, 0) is 36.4 Å². The Hall–Kier alpha value is -5.26. The summed E-state index contributed by atoms with van der Waals surface area (Å²) in [6.45, 7) is 0. The maximum atomic E-state index is 6.21. The van der Waals surface area contributed by atoms with Crippen molar-refractivity contribution in [1.82, 2.24) is 9.97 Å². The second-order valence-electron chi connectivity index (χ2n) is 11.1. The van der Waals surface area contributed by atoms with Crippen LogP contribution in [0.3, 0.4) is 0 Å². The van der Waals surface area contributed by atoms with E-state index in [-0.39, 0.29) is 0 Å². The van der Waals surface area contributed by atoms with Crippen LogP contribution in [0.2, 0.25) is 0 Å². The Morgan fingerprint density at radius 2 is 0.902 bits per heavy atom. The van der Waals surface area contributed by atoms with Crippen LogP contribution in [-0.2, 0) is 0 Å². The Labute approximate surface area is 234 Å². The van der Waals surface area contributed by atoms with Gasteiger partial charge in [0.05, 0.1) is 22.1 Å². The van der Waals surface area contributed by atoms with Gasteiger partial charge in [-0.1, -0.05) is 48.5 Å². The molecule has 0 bridgehead atoms. The highest BCUT2D eigenvalue weighted by atomic mass is 32.1. The number of nitrogens with one attached hydrogen (secondary N) is 2. The topological polar surface area (TPSA) is 57.9 Å². The van der Waals surface area contributed by atoms with E-state index >= 15 is 0 Å². The highest BCUT2D eigenvalue weighted by Gasteiger charge is 2.19. The van der Waals surface area contributed by atoms with Crippen LogP contribution in [-0.4, -0.2) is 9.97 Å². The van der Waals surface area contributed by atoms with E-state index < -0.39 is 0 Å². The highest BCUT2D eigenvalue weighted by molar-refractivity contribution is 7.26. The molecule has 2 N–H and O–H groups in total. The monoisotopic (exact) mass is 542 g/mol. The van der Waals surface area contributed by atoms with Gasteiger partial charge in [-0.25, -0.2) is 0 Å². The molecule has 0 aliphatic heterocycles. The maximum Gasteiger partial charge on any atom is 0.137 e. The molecular formula is C36H18N2O2S. The second kappa shape index (κ2) is 6.89. The predicted octanol–water partition coefficient (Wildman–Crippen LogP) is 11.1. The van der Waals surface area contributed by atoms with Crippen molar-refractivity contribution in [2.24, 2.45) is 0 Å². The smallest absolute Gasteiger partial charge is 0.137 e. The minimum atomic E-state index is 0.909. The van der Waals surface area contributed by atoms with Crippen molar-refractivity contribution in [1.29, 1.82) is 0 Å². The van der Waals surface area contributed by atoms with Crippen molar-refractivity contribution in [2.75, 3.05) is 0 Å². The molecule has 0 saturated carbocycles. The summed E-state index contributed by atoms with van der Waals surface area (Å²) in [7, 11) is 0. The third-order valence-electron chi connectivity index (χ3n) is 8.94. The van der Waals surface area contributed by atoms with Crippen molar-refractivity contribution in [3.63, 3.8) is 0 Å². The minimum absolute atomic E-state index is 0.909. The molecule has 5 aromatic heterocycles. The first-order valence-corrected chi connectivity index (χ1v) is 14.6. The summed E-state index contributed by atoms with van der Waals surface area (Å²) >= 11 is 1.85. The van der Waals surface area contributed by atoms with Crippen molar-refractivity contribution < 1.29 is 8.83 Å². The molecule has 0 aliphatic rings. The highest BCUT2D eigenvalue weighted by Crippen LogP contribution is 2.45. The SMILES string of the molecule is c1ccc2c(c1)oc1cc3[nH]c4c(ccc5sc6ccc7c8cc9c(cc8[nH]c7c6c54)oc4ccccc49)c3cc12. The van der Waals surface area contributed by atoms with Gasteiger partial charge in [-0.3, -0.25) is 0 Å². The van der Waals surface area contributed by atoms with Crippen LogP contribution in [0.25, 0.3) is 108 Å². The number of para-hydroxylation sites is 2. The van der Waals surface area contributed by atoms with Crippen LogP contribution in [0.15, 0.2) is 106 Å². The molecule has 0 aliphatic carbocycles. The Bertz CT molecular complexity index is 2730. The number of fused-ring (bicyclic) bond motifs is 17. The van der Waals surface area contributed by atoms with Gasteiger partial charge in [0.2, 0.25) is 0 Å². The maximum absolute atomic E-state index is 6.21. The normalized spacial score (nSPS) is 12.9. The first-order valence-electron chi connectivity index (χ1n) is 13.8. The molecule has 0 saturated heterocycles. The Balaban J connectivity index is 1.27. The van der Waals surface area contributed by atoms with E-state index in [1.165, 1.54) is 52.8 Å². The molecule has 5 heterocycles. The minimum Gasteiger partial charge on any atom is -0.456 e. The Morgan fingerprint density at radius 3 is 1.41 bits per heavy atom. The van der Waals surface area contributed by atoms with Gasteiger partial charge in [0.15, 0.2) is 0 Å². The fourth-order valence-corrected chi connectivity index (χ4v) is 8.25. The van der Waals surface area contributed by atoms with Gasteiger partial charge in [0.1, 0.15) is 22.3 Å². The summed E-state index contributed by atoms with van der Waals surface area (Å²) in [6.07, 6.45) is 0. The number of benzene rings is 6. The largest absolute Gasteiger partial charge is 0.456 e. The number of rotatable bonds is 0. The van der Waals surface area contributed by atoms with Crippen LogP contribution >= 0.6 is 11.3 Å². The molecule has 0 amide bonds. The van der Waals surface area contributed by atoms with Crippen LogP contribution < -0.4 is 0 Å². The number of aromatic nitrogens is 2. The lowest BCUT2D eigenvalue weighted by Gasteiger charge is -1.98. The quantitative estimate of drug-likeness (QED) is 0.200. The first kappa shape index (κ1) is 20.6. The zero-order valence-electron chi connectivity index (χ0n) is 21.5. The first-order chi connectivity index (χ1) is 20.3. The molecule has 5 heteroatoms. The molecule has 6 aromatic carbocycles. The van der Waals surface area contributed by atoms with Gasteiger partial charge in [-0.15, -0.1) is 11.3 Å². The van der Waals surface area contributed by atoms with Crippen LogP contribution in [0.5, 0.6) is 0 Å². The molecule has 11 aromatic rings. The summed E-state index contributed by atoms with van der Waals surface area (Å²) in [6, 6.07) is 34.5. The van der Waals surface area contributed by atoms with Crippen molar-refractivity contribution in [3.05, 3.63) is 97.1 Å². The van der Waals surface area contributed by atoms with E-state index in [1.54, 1.807) is 0 Å². The summed E-state index contributed by atoms with van der Waals surface area (Å²) in [5.41, 5.74) is 8.19. The van der Waals surface area contributed by atoms with Crippen molar-refractivity contribution in [3.8, 4) is 0 Å². The molecule has 4 nitrogen and oxygen atoms in total. The second-order valence-corrected chi connectivity index (χ2v) is 12.1. The molecule has 0 fully saturated rings. The van der Waals surface area contributed by atoms with Gasteiger partial charge in [0, 0.05) is 75.4 Å². The van der Waals surface area contributed by atoms with Gasteiger partial charge < -0.3 is 18.8 Å². The third kappa shape index (κ3) is 2.47. The summed E-state index contributed by atoms with van der Waals surface area (Å²) in [4.78, 5) is 7.59. The number of thiophene rings is 1. The van der Waals surface area contributed by atoms with Crippen LogP contribution in [0.1, 0.15) is 0 Å². The molecule has 41 heavy (non-hydrogen) atoms. The lowest BCUT2D eigenvalue weighted by atomic mass is 10.0. The summed E-state index contributed by atoms with van der Waals surface area (Å²) < 4.78 is 15.0. The van der Waals surface area contributed by atoms with Crippen molar-refractivity contribution in [2.45, 2.75) is 0 Å². The van der Waals surface area contributed by atoms with E-state index in [1.807, 2.05) is 35.6 Å². The zero-order chi connectivity index (χ0) is 26.4. The molecule has 190 valence electrons. The van der Waals surface area contributed by atoms with E-state index in [4.69, 9.17) is 8.83 Å². The molecule has 11 rings (SSSR count). The van der Waals surface area contributed by atoms with Gasteiger partial charge >= 0.3 is 0 Å². The fourth-order valence-electron chi connectivity index (χ4n) is 7.13.